The maximum absolute atomic E-state index is 12.9. The van der Waals surface area contributed by atoms with Crippen LogP contribution in [-0.2, 0) is 14.3 Å². The molecule has 180 valence electrons. The lowest BCUT2D eigenvalue weighted by Crippen LogP contribution is -2.57. The maximum Gasteiger partial charge on any atom is 0.407 e. The third-order valence-corrected chi connectivity index (χ3v) is 6.69. The number of fused-ring (bicyclic) bond motifs is 3. The Morgan fingerprint density at radius 3 is 2.09 bits per heavy atom. The normalized spacial score (nSPS) is 16.7. The van der Waals surface area contributed by atoms with E-state index in [9.17, 15) is 19.5 Å². The lowest BCUT2D eigenvalue weighted by molar-refractivity contribution is -0.144. The summed E-state index contributed by atoms with van der Waals surface area (Å²) in [6.07, 6.45) is 1.80. The SMILES string of the molecule is CN(C)CC(NC(=O)OCC1c2ccccc2-c2ccccc21)C(=O)NC(C(=O)O)C1CCC1. The molecule has 2 aromatic carbocycles. The predicted molar refractivity (Wildman–Crippen MR) is 127 cm³/mol. The number of benzene rings is 2. The summed E-state index contributed by atoms with van der Waals surface area (Å²) in [5.41, 5.74) is 4.47. The zero-order valence-electron chi connectivity index (χ0n) is 19.5. The number of likely N-dealkylation sites (N-methyl/N-ethyl adjacent to an activating group) is 1. The van der Waals surface area contributed by atoms with Gasteiger partial charge in [0.25, 0.3) is 0 Å². The Balaban J connectivity index is 1.40. The van der Waals surface area contributed by atoms with Crippen molar-refractivity contribution in [3.05, 3.63) is 59.7 Å². The van der Waals surface area contributed by atoms with E-state index in [2.05, 4.69) is 22.8 Å². The molecule has 2 amide bonds. The molecule has 0 heterocycles. The minimum atomic E-state index is -1.05. The third-order valence-electron chi connectivity index (χ3n) is 6.69. The van der Waals surface area contributed by atoms with Gasteiger partial charge in [0.05, 0.1) is 0 Å². The number of carboxylic acids is 1. The first-order chi connectivity index (χ1) is 16.3. The van der Waals surface area contributed by atoms with E-state index < -0.39 is 30.1 Å². The highest BCUT2D eigenvalue weighted by Gasteiger charge is 2.36. The Kier molecular flexibility index (Phi) is 7.17. The van der Waals surface area contributed by atoms with Crippen molar-refractivity contribution in [1.29, 1.82) is 0 Å². The maximum atomic E-state index is 12.9. The Labute approximate surface area is 199 Å². The van der Waals surface area contributed by atoms with Gasteiger partial charge in [0, 0.05) is 12.5 Å². The van der Waals surface area contributed by atoms with Crippen LogP contribution in [-0.4, -0.2) is 67.3 Å². The minimum absolute atomic E-state index is 0.0732. The molecule has 34 heavy (non-hydrogen) atoms. The number of nitrogens with zero attached hydrogens (tertiary/aromatic N) is 1. The van der Waals surface area contributed by atoms with Crippen molar-refractivity contribution in [2.45, 2.75) is 37.3 Å². The van der Waals surface area contributed by atoms with Crippen molar-refractivity contribution >= 4 is 18.0 Å². The van der Waals surface area contributed by atoms with Gasteiger partial charge in [0.2, 0.25) is 5.91 Å². The summed E-state index contributed by atoms with van der Waals surface area (Å²) in [6, 6.07) is 14.2. The third kappa shape index (κ3) is 5.07. The van der Waals surface area contributed by atoms with Crippen LogP contribution in [0.4, 0.5) is 4.79 Å². The van der Waals surface area contributed by atoms with Crippen LogP contribution in [0.25, 0.3) is 11.1 Å². The average Bonchev–Trinajstić information content (AvgIpc) is 3.09. The molecule has 2 atom stereocenters. The highest BCUT2D eigenvalue weighted by Crippen LogP contribution is 2.44. The highest BCUT2D eigenvalue weighted by molar-refractivity contribution is 5.89. The fourth-order valence-corrected chi connectivity index (χ4v) is 4.75. The number of aliphatic carboxylic acids is 1. The molecule has 2 aliphatic carbocycles. The van der Waals surface area contributed by atoms with E-state index in [1.807, 2.05) is 36.4 Å². The Morgan fingerprint density at radius 2 is 1.59 bits per heavy atom. The molecular weight excluding hydrogens is 434 g/mol. The molecular formula is C26H31N3O5. The largest absolute Gasteiger partial charge is 0.480 e. The van der Waals surface area contributed by atoms with E-state index >= 15 is 0 Å². The van der Waals surface area contributed by atoms with Gasteiger partial charge < -0.3 is 25.4 Å². The molecule has 2 aliphatic rings. The molecule has 0 spiro atoms. The number of ether oxygens (including phenoxy) is 1. The highest BCUT2D eigenvalue weighted by atomic mass is 16.5. The first-order valence-corrected chi connectivity index (χ1v) is 11.6. The first-order valence-electron chi connectivity index (χ1n) is 11.6. The van der Waals surface area contributed by atoms with Gasteiger partial charge in [0.1, 0.15) is 18.7 Å². The smallest absolute Gasteiger partial charge is 0.407 e. The Bertz CT molecular complexity index is 1020. The minimum Gasteiger partial charge on any atom is -0.480 e. The fourth-order valence-electron chi connectivity index (χ4n) is 4.75. The van der Waals surface area contributed by atoms with Gasteiger partial charge in [-0.3, -0.25) is 4.79 Å². The number of carbonyl (C=O) groups is 3. The zero-order chi connectivity index (χ0) is 24.2. The van der Waals surface area contributed by atoms with E-state index in [1.54, 1.807) is 19.0 Å². The van der Waals surface area contributed by atoms with Gasteiger partial charge in [-0.1, -0.05) is 55.0 Å². The molecule has 4 rings (SSSR count). The van der Waals surface area contributed by atoms with Crippen molar-refractivity contribution in [3.8, 4) is 11.1 Å². The van der Waals surface area contributed by atoms with E-state index in [1.165, 1.54) is 0 Å². The summed E-state index contributed by atoms with van der Waals surface area (Å²) in [7, 11) is 3.56. The fraction of sp³-hybridized carbons (Fsp3) is 0.423. The van der Waals surface area contributed by atoms with E-state index in [-0.39, 0.29) is 25.0 Å². The van der Waals surface area contributed by atoms with Gasteiger partial charge in [0.15, 0.2) is 0 Å². The van der Waals surface area contributed by atoms with Gasteiger partial charge in [-0.25, -0.2) is 9.59 Å². The molecule has 0 bridgehead atoms. The second kappa shape index (κ2) is 10.3. The molecule has 3 N–H and O–H groups in total. The second-order valence-corrected chi connectivity index (χ2v) is 9.30. The van der Waals surface area contributed by atoms with Crippen LogP contribution in [0.15, 0.2) is 48.5 Å². The number of alkyl carbamates (subject to hydrolysis) is 1. The summed E-state index contributed by atoms with van der Waals surface area (Å²) in [6.45, 7) is 0.350. The number of hydrogen-bond donors (Lipinski definition) is 3. The molecule has 1 fully saturated rings. The molecule has 0 aromatic heterocycles. The van der Waals surface area contributed by atoms with Crippen molar-refractivity contribution in [2.75, 3.05) is 27.2 Å². The first kappa shape index (κ1) is 23.8. The number of carboxylic acid groups (broad SMARTS) is 1. The van der Waals surface area contributed by atoms with Gasteiger partial charge in [-0.2, -0.15) is 0 Å². The van der Waals surface area contributed by atoms with Gasteiger partial charge in [-0.15, -0.1) is 0 Å². The van der Waals surface area contributed by atoms with E-state index in [4.69, 9.17) is 4.74 Å². The van der Waals surface area contributed by atoms with Crippen molar-refractivity contribution in [3.63, 3.8) is 0 Å². The van der Waals surface area contributed by atoms with Gasteiger partial charge >= 0.3 is 12.1 Å². The predicted octanol–water partition coefficient (Wildman–Crippen LogP) is 2.82. The van der Waals surface area contributed by atoms with Gasteiger partial charge in [-0.05, 0) is 55.1 Å². The van der Waals surface area contributed by atoms with Crippen molar-refractivity contribution < 1.29 is 24.2 Å². The Morgan fingerprint density at radius 1 is 1.00 bits per heavy atom. The summed E-state index contributed by atoms with van der Waals surface area (Å²) in [5, 5.41) is 14.8. The molecule has 2 unspecified atom stereocenters. The van der Waals surface area contributed by atoms with Crippen LogP contribution >= 0.6 is 0 Å². The van der Waals surface area contributed by atoms with Crippen LogP contribution in [0, 0.1) is 5.92 Å². The zero-order valence-corrected chi connectivity index (χ0v) is 19.5. The number of rotatable bonds is 9. The van der Waals surface area contributed by atoms with Crippen LogP contribution in [0.3, 0.4) is 0 Å². The molecule has 1 saturated carbocycles. The molecule has 8 nitrogen and oxygen atoms in total. The van der Waals surface area contributed by atoms with Crippen LogP contribution in [0.1, 0.15) is 36.3 Å². The lowest BCUT2D eigenvalue weighted by Gasteiger charge is -2.32. The number of amides is 2. The van der Waals surface area contributed by atoms with E-state index in [0.717, 1.165) is 41.5 Å². The number of nitrogens with one attached hydrogen (secondary N) is 2. The summed E-state index contributed by atoms with van der Waals surface area (Å²) < 4.78 is 5.57. The molecule has 2 aromatic rings. The lowest BCUT2D eigenvalue weighted by atomic mass is 9.79. The molecule has 8 heteroatoms. The van der Waals surface area contributed by atoms with Crippen molar-refractivity contribution in [2.24, 2.45) is 5.92 Å². The topological polar surface area (TPSA) is 108 Å². The van der Waals surface area contributed by atoms with E-state index in [0.29, 0.717) is 0 Å². The summed E-state index contributed by atoms with van der Waals surface area (Å²) in [5.74, 6) is -1.74. The Hall–Kier alpha value is -3.39. The average molecular weight is 466 g/mol. The standard InChI is InChI=1S/C26H31N3O5/c1-29(2)14-22(24(30)28-23(25(31)32)16-8-7-9-16)27-26(33)34-15-21-19-12-5-3-10-17(19)18-11-4-6-13-20(18)21/h3-6,10-13,16,21-23H,7-9,14-15H2,1-2H3,(H,27,33)(H,28,30)(H,31,32). The summed E-state index contributed by atoms with van der Waals surface area (Å²) >= 11 is 0. The quantitative estimate of drug-likeness (QED) is 0.526. The number of carbonyl (C=O) groups excluding carboxylic acids is 2. The van der Waals surface area contributed by atoms with Crippen LogP contribution in [0.2, 0.25) is 0 Å². The van der Waals surface area contributed by atoms with Crippen LogP contribution in [0.5, 0.6) is 0 Å². The monoisotopic (exact) mass is 465 g/mol. The number of hydrogen-bond acceptors (Lipinski definition) is 5. The van der Waals surface area contributed by atoms with Crippen LogP contribution < -0.4 is 10.6 Å². The molecule has 0 radical (unpaired) electrons. The molecule has 0 aliphatic heterocycles. The second-order valence-electron chi connectivity index (χ2n) is 9.30. The van der Waals surface area contributed by atoms with Crippen molar-refractivity contribution in [1.82, 2.24) is 15.5 Å². The summed E-state index contributed by atoms with van der Waals surface area (Å²) in [4.78, 5) is 39.0. The molecule has 0 saturated heterocycles.